The van der Waals surface area contributed by atoms with E-state index in [1.807, 2.05) is 26.0 Å². The summed E-state index contributed by atoms with van der Waals surface area (Å²) < 4.78 is 26.1. The summed E-state index contributed by atoms with van der Waals surface area (Å²) in [6.45, 7) is 3.78. The van der Waals surface area contributed by atoms with E-state index in [9.17, 15) is 13.2 Å². The first-order valence-electron chi connectivity index (χ1n) is 10.8. The second-order valence-corrected chi connectivity index (χ2v) is 9.92. The van der Waals surface area contributed by atoms with Crippen LogP contribution in [0.25, 0.3) is 0 Å². The minimum absolute atomic E-state index is 0.132. The summed E-state index contributed by atoms with van der Waals surface area (Å²) in [6.07, 6.45) is 7.24. The van der Waals surface area contributed by atoms with Gasteiger partial charge in [-0.1, -0.05) is 50.2 Å². The van der Waals surface area contributed by atoms with Crippen LogP contribution in [-0.2, 0) is 34.1 Å². The summed E-state index contributed by atoms with van der Waals surface area (Å²) in [4.78, 5) is 12.9. The molecule has 1 atom stereocenters. The Morgan fingerprint density at radius 3 is 2.43 bits per heavy atom. The summed E-state index contributed by atoms with van der Waals surface area (Å²) in [5.41, 5.74) is 5.34. The Bertz CT molecular complexity index is 1000. The average Bonchev–Trinajstić information content (AvgIpc) is 2.74. The first kappa shape index (κ1) is 22.3. The third kappa shape index (κ3) is 5.22. The number of para-hydroxylation sites is 1. The predicted octanol–water partition coefficient (Wildman–Crippen LogP) is 4.16. The fourth-order valence-corrected chi connectivity index (χ4v) is 5.08. The van der Waals surface area contributed by atoms with Crippen LogP contribution in [0.2, 0.25) is 0 Å². The quantitative estimate of drug-likeness (QED) is 0.686. The van der Waals surface area contributed by atoms with Gasteiger partial charge in [0.2, 0.25) is 15.9 Å². The molecule has 1 aliphatic carbocycles. The van der Waals surface area contributed by atoms with Crippen LogP contribution in [0.4, 0.5) is 5.69 Å². The van der Waals surface area contributed by atoms with Gasteiger partial charge in [0.1, 0.15) is 6.54 Å². The minimum atomic E-state index is -3.59. The van der Waals surface area contributed by atoms with Gasteiger partial charge in [-0.25, -0.2) is 8.42 Å². The molecule has 0 spiro atoms. The molecule has 0 bridgehead atoms. The average molecular weight is 429 g/mol. The molecule has 0 heterocycles. The molecule has 0 saturated heterocycles. The smallest absolute Gasteiger partial charge is 0.241 e. The Hall–Kier alpha value is -2.34. The van der Waals surface area contributed by atoms with E-state index >= 15 is 0 Å². The van der Waals surface area contributed by atoms with Crippen LogP contribution in [0.5, 0.6) is 0 Å². The number of rotatable bonds is 8. The van der Waals surface area contributed by atoms with E-state index in [1.54, 1.807) is 12.1 Å². The standard InChI is InChI=1S/C24H32N2O3S/c1-4-18-10-8-9-13-23(18)26(30(3,28)29)17-24(27)25-22(5-2)21-15-14-19-11-6-7-12-20(19)16-21/h8-10,13-16,22H,4-7,11-12,17H2,1-3H3,(H,25,27). The van der Waals surface area contributed by atoms with Crippen LogP contribution < -0.4 is 9.62 Å². The lowest BCUT2D eigenvalue weighted by Crippen LogP contribution is -2.42. The first-order chi connectivity index (χ1) is 14.3. The molecule has 1 aliphatic rings. The van der Waals surface area contributed by atoms with E-state index in [2.05, 4.69) is 23.5 Å². The number of benzene rings is 2. The topological polar surface area (TPSA) is 66.5 Å². The Balaban J connectivity index is 1.79. The number of amides is 1. The molecule has 0 aliphatic heterocycles. The fourth-order valence-electron chi connectivity index (χ4n) is 4.20. The molecule has 5 nitrogen and oxygen atoms in total. The van der Waals surface area contributed by atoms with Crippen LogP contribution in [0.1, 0.15) is 61.4 Å². The lowest BCUT2D eigenvalue weighted by molar-refractivity contribution is -0.120. The van der Waals surface area contributed by atoms with Crippen molar-refractivity contribution in [2.24, 2.45) is 0 Å². The van der Waals surface area contributed by atoms with E-state index in [0.29, 0.717) is 12.1 Å². The molecule has 1 amide bonds. The highest BCUT2D eigenvalue weighted by Gasteiger charge is 2.24. The number of nitrogens with one attached hydrogen (secondary N) is 1. The normalized spacial score (nSPS) is 14.6. The number of nitrogens with zero attached hydrogens (tertiary/aromatic N) is 1. The summed E-state index contributed by atoms with van der Waals surface area (Å²) >= 11 is 0. The van der Waals surface area contributed by atoms with Crippen LogP contribution in [0.15, 0.2) is 42.5 Å². The van der Waals surface area contributed by atoms with Crippen molar-refractivity contribution in [3.63, 3.8) is 0 Å². The molecular formula is C24H32N2O3S. The molecule has 0 radical (unpaired) electrons. The van der Waals surface area contributed by atoms with Crippen molar-refractivity contribution in [1.29, 1.82) is 0 Å². The van der Waals surface area contributed by atoms with Crippen LogP contribution >= 0.6 is 0 Å². The van der Waals surface area contributed by atoms with Gasteiger partial charge in [-0.2, -0.15) is 0 Å². The van der Waals surface area contributed by atoms with Gasteiger partial charge >= 0.3 is 0 Å². The van der Waals surface area contributed by atoms with Gasteiger partial charge in [-0.15, -0.1) is 0 Å². The highest BCUT2D eigenvalue weighted by atomic mass is 32.2. The molecule has 1 unspecified atom stereocenters. The van der Waals surface area contributed by atoms with Gasteiger partial charge in [0, 0.05) is 0 Å². The second-order valence-electron chi connectivity index (χ2n) is 8.02. The number of aryl methyl sites for hydroxylation is 3. The Labute approximate surface area is 180 Å². The van der Waals surface area contributed by atoms with Gasteiger partial charge in [-0.3, -0.25) is 9.10 Å². The van der Waals surface area contributed by atoms with E-state index in [1.165, 1.54) is 28.3 Å². The molecule has 6 heteroatoms. The van der Waals surface area contributed by atoms with Gasteiger partial charge < -0.3 is 5.32 Å². The van der Waals surface area contributed by atoms with Crippen molar-refractivity contribution in [2.75, 3.05) is 17.1 Å². The van der Waals surface area contributed by atoms with E-state index < -0.39 is 10.0 Å². The summed E-state index contributed by atoms with van der Waals surface area (Å²) in [7, 11) is -3.59. The number of anilines is 1. The lowest BCUT2D eigenvalue weighted by Gasteiger charge is -2.26. The third-order valence-corrected chi connectivity index (χ3v) is 6.97. The van der Waals surface area contributed by atoms with Crippen molar-refractivity contribution in [2.45, 2.75) is 58.4 Å². The second kappa shape index (κ2) is 9.65. The number of hydrogen-bond acceptors (Lipinski definition) is 3. The molecule has 0 aromatic heterocycles. The van der Waals surface area contributed by atoms with Gasteiger partial charge in [-0.05, 0) is 66.8 Å². The Kier molecular flexibility index (Phi) is 7.19. The summed E-state index contributed by atoms with van der Waals surface area (Å²) in [5.74, 6) is -0.295. The highest BCUT2D eigenvalue weighted by Crippen LogP contribution is 2.27. The van der Waals surface area contributed by atoms with Crippen molar-refractivity contribution >= 4 is 21.6 Å². The Morgan fingerprint density at radius 1 is 1.07 bits per heavy atom. The highest BCUT2D eigenvalue weighted by molar-refractivity contribution is 7.92. The van der Waals surface area contributed by atoms with Crippen molar-refractivity contribution in [3.8, 4) is 0 Å². The van der Waals surface area contributed by atoms with Crippen molar-refractivity contribution in [3.05, 3.63) is 64.7 Å². The van der Waals surface area contributed by atoms with Crippen LogP contribution in [0, 0.1) is 0 Å². The molecule has 0 fully saturated rings. The van der Waals surface area contributed by atoms with Gasteiger partial charge in [0.15, 0.2) is 0 Å². The molecule has 30 heavy (non-hydrogen) atoms. The molecule has 162 valence electrons. The molecule has 3 rings (SSSR count). The summed E-state index contributed by atoms with van der Waals surface area (Å²) in [5, 5.41) is 3.05. The van der Waals surface area contributed by atoms with E-state index in [0.717, 1.165) is 36.6 Å². The maximum Gasteiger partial charge on any atom is 0.241 e. The molecule has 2 aromatic carbocycles. The minimum Gasteiger partial charge on any atom is -0.348 e. The molecule has 1 N–H and O–H groups in total. The van der Waals surface area contributed by atoms with Crippen molar-refractivity contribution < 1.29 is 13.2 Å². The number of fused-ring (bicyclic) bond motifs is 1. The zero-order valence-corrected chi connectivity index (χ0v) is 19.0. The zero-order valence-electron chi connectivity index (χ0n) is 18.1. The SMILES string of the molecule is CCc1ccccc1N(CC(=O)NC(CC)c1ccc2c(c1)CCCC2)S(C)(=O)=O. The maximum absolute atomic E-state index is 12.9. The summed E-state index contributed by atoms with van der Waals surface area (Å²) in [6, 6.07) is 13.7. The Morgan fingerprint density at radius 2 is 1.77 bits per heavy atom. The zero-order chi connectivity index (χ0) is 21.7. The molecule has 0 saturated carbocycles. The fraction of sp³-hybridized carbons (Fsp3) is 0.458. The number of carbonyl (C=O) groups is 1. The van der Waals surface area contributed by atoms with E-state index in [4.69, 9.17) is 0 Å². The maximum atomic E-state index is 12.9. The third-order valence-electron chi connectivity index (χ3n) is 5.85. The number of carbonyl (C=O) groups excluding carboxylic acids is 1. The monoisotopic (exact) mass is 428 g/mol. The number of hydrogen-bond donors (Lipinski definition) is 1. The van der Waals surface area contributed by atoms with Crippen molar-refractivity contribution in [1.82, 2.24) is 5.32 Å². The lowest BCUT2D eigenvalue weighted by atomic mass is 9.89. The van der Waals surface area contributed by atoms with Gasteiger partial charge in [0.05, 0.1) is 18.0 Å². The first-order valence-corrected chi connectivity index (χ1v) is 12.6. The van der Waals surface area contributed by atoms with Crippen LogP contribution in [-0.4, -0.2) is 27.1 Å². The predicted molar refractivity (Wildman–Crippen MR) is 122 cm³/mol. The molecule has 2 aromatic rings. The largest absolute Gasteiger partial charge is 0.348 e. The van der Waals surface area contributed by atoms with E-state index in [-0.39, 0.29) is 18.5 Å². The number of sulfonamides is 1. The van der Waals surface area contributed by atoms with Gasteiger partial charge in [0.25, 0.3) is 0 Å². The molecular weight excluding hydrogens is 396 g/mol. The van der Waals surface area contributed by atoms with Crippen LogP contribution in [0.3, 0.4) is 0 Å².